The average Bonchev–Trinajstić information content (AvgIpc) is 2.60. The highest BCUT2D eigenvalue weighted by Crippen LogP contribution is 2.14. The number of carbonyl (C=O) groups excluding carboxylic acids is 2. The molecule has 9 heteroatoms. The number of nitrogens with two attached hydrogens (primary N) is 1. The highest BCUT2D eigenvalue weighted by Gasteiger charge is 2.09. The number of carbonyl (C=O) groups is 2. The molecule has 0 spiro atoms. The Morgan fingerprint density at radius 3 is 2.69 bits per heavy atom. The van der Waals surface area contributed by atoms with Gasteiger partial charge in [0, 0.05) is 11.8 Å². The lowest BCUT2D eigenvalue weighted by atomic mass is 10.2. The summed E-state index contributed by atoms with van der Waals surface area (Å²) in [4.78, 5) is 41.5. The number of ether oxygens (including phenoxy) is 1. The summed E-state index contributed by atoms with van der Waals surface area (Å²) in [5, 5.41) is 2.97. The zero-order valence-electron chi connectivity index (χ0n) is 14.3. The SMILES string of the molecule is CCCCOC(=O)c1ccc(NC(=O)CSc2nc(N)cc(=O)[nH]2)cc1. The standard InChI is InChI=1S/C17H20N4O4S/c1-2-3-8-25-16(24)11-4-6-12(7-5-11)19-15(23)10-26-17-20-13(18)9-14(22)21-17/h4-7,9H,2-3,8,10H2,1H3,(H,19,23)(H3,18,20,21,22). The molecule has 0 unspecified atom stereocenters. The Morgan fingerprint density at radius 2 is 2.04 bits per heavy atom. The highest BCUT2D eigenvalue weighted by molar-refractivity contribution is 7.99. The summed E-state index contributed by atoms with van der Waals surface area (Å²) in [5.41, 5.74) is 6.09. The monoisotopic (exact) mass is 376 g/mol. The summed E-state index contributed by atoms with van der Waals surface area (Å²) >= 11 is 1.06. The number of aromatic amines is 1. The fraction of sp³-hybridized carbons (Fsp3) is 0.294. The second-order valence-corrected chi connectivity index (χ2v) is 6.34. The third-order valence-electron chi connectivity index (χ3n) is 3.22. The molecule has 1 heterocycles. The second kappa shape index (κ2) is 9.62. The largest absolute Gasteiger partial charge is 0.462 e. The van der Waals surface area contributed by atoms with Gasteiger partial charge in [-0.2, -0.15) is 0 Å². The Hall–Kier alpha value is -2.81. The first-order valence-corrected chi connectivity index (χ1v) is 9.03. The fourth-order valence-electron chi connectivity index (χ4n) is 1.93. The molecule has 0 saturated heterocycles. The van der Waals surface area contributed by atoms with Crippen LogP contribution in [0.2, 0.25) is 0 Å². The molecule has 0 fully saturated rings. The van der Waals surface area contributed by atoms with E-state index in [0.29, 0.717) is 17.9 Å². The number of benzene rings is 1. The van der Waals surface area contributed by atoms with Gasteiger partial charge in [-0.1, -0.05) is 25.1 Å². The summed E-state index contributed by atoms with van der Waals surface area (Å²) in [7, 11) is 0. The van der Waals surface area contributed by atoms with Gasteiger partial charge in [0.15, 0.2) is 5.16 Å². The molecular formula is C17H20N4O4S. The molecule has 138 valence electrons. The first kappa shape index (κ1) is 19.5. The van der Waals surface area contributed by atoms with E-state index in [2.05, 4.69) is 15.3 Å². The molecule has 0 aliphatic carbocycles. The molecule has 8 nitrogen and oxygen atoms in total. The smallest absolute Gasteiger partial charge is 0.338 e. The Kier molecular flexibility index (Phi) is 7.22. The Morgan fingerprint density at radius 1 is 1.31 bits per heavy atom. The van der Waals surface area contributed by atoms with Crippen LogP contribution in [-0.2, 0) is 9.53 Å². The topological polar surface area (TPSA) is 127 Å². The summed E-state index contributed by atoms with van der Waals surface area (Å²) in [5.74, 6) is -0.521. The van der Waals surface area contributed by atoms with E-state index in [1.165, 1.54) is 6.07 Å². The van der Waals surface area contributed by atoms with E-state index >= 15 is 0 Å². The van der Waals surface area contributed by atoms with Gasteiger partial charge in [-0.25, -0.2) is 9.78 Å². The minimum Gasteiger partial charge on any atom is -0.462 e. The Balaban J connectivity index is 1.85. The number of nitrogens with zero attached hydrogens (tertiary/aromatic N) is 1. The molecule has 1 aromatic heterocycles. The number of hydrogen-bond donors (Lipinski definition) is 3. The minimum absolute atomic E-state index is 0.0488. The predicted octanol–water partition coefficient (Wildman–Crippen LogP) is 2.04. The van der Waals surface area contributed by atoms with Crippen LogP contribution in [-0.4, -0.2) is 34.2 Å². The van der Waals surface area contributed by atoms with Crippen molar-refractivity contribution in [1.82, 2.24) is 9.97 Å². The maximum Gasteiger partial charge on any atom is 0.338 e. The molecule has 0 aliphatic rings. The van der Waals surface area contributed by atoms with Crippen molar-refractivity contribution in [2.45, 2.75) is 24.9 Å². The van der Waals surface area contributed by atoms with Crippen LogP contribution in [0.25, 0.3) is 0 Å². The van der Waals surface area contributed by atoms with E-state index in [1.807, 2.05) is 6.92 Å². The normalized spacial score (nSPS) is 10.3. The van der Waals surface area contributed by atoms with Crippen molar-refractivity contribution in [1.29, 1.82) is 0 Å². The van der Waals surface area contributed by atoms with Gasteiger partial charge in [0.05, 0.1) is 17.9 Å². The fourth-order valence-corrected chi connectivity index (χ4v) is 2.62. The van der Waals surface area contributed by atoms with Gasteiger partial charge in [0.2, 0.25) is 5.91 Å². The van der Waals surface area contributed by atoms with Crippen molar-refractivity contribution in [3.8, 4) is 0 Å². The zero-order valence-corrected chi connectivity index (χ0v) is 15.1. The van der Waals surface area contributed by atoms with Gasteiger partial charge >= 0.3 is 5.97 Å². The Bertz CT molecular complexity index is 820. The van der Waals surface area contributed by atoms with E-state index < -0.39 is 0 Å². The molecule has 2 aromatic rings. The van der Waals surface area contributed by atoms with Crippen molar-refractivity contribution in [2.24, 2.45) is 0 Å². The van der Waals surface area contributed by atoms with Gasteiger partial charge in [0.25, 0.3) is 5.56 Å². The van der Waals surface area contributed by atoms with Crippen LogP contribution in [0.15, 0.2) is 40.3 Å². The molecule has 0 aliphatic heterocycles. The van der Waals surface area contributed by atoms with Crippen molar-refractivity contribution >= 4 is 35.1 Å². The van der Waals surface area contributed by atoms with Gasteiger partial charge in [-0.05, 0) is 30.7 Å². The van der Waals surface area contributed by atoms with Gasteiger partial charge in [-0.15, -0.1) is 0 Å². The van der Waals surface area contributed by atoms with Crippen molar-refractivity contribution in [2.75, 3.05) is 23.4 Å². The summed E-state index contributed by atoms with van der Waals surface area (Å²) in [6.07, 6.45) is 1.78. The number of amides is 1. The molecular weight excluding hydrogens is 356 g/mol. The maximum absolute atomic E-state index is 12.0. The van der Waals surface area contributed by atoms with Gasteiger partial charge in [0.1, 0.15) is 5.82 Å². The molecule has 0 radical (unpaired) electrons. The van der Waals surface area contributed by atoms with E-state index in [0.717, 1.165) is 24.6 Å². The lowest BCUT2D eigenvalue weighted by Crippen LogP contribution is -2.16. The number of H-pyrrole nitrogens is 1. The van der Waals surface area contributed by atoms with Crippen LogP contribution in [0, 0.1) is 0 Å². The number of anilines is 2. The quantitative estimate of drug-likeness (QED) is 0.278. The molecule has 26 heavy (non-hydrogen) atoms. The number of hydrogen-bond acceptors (Lipinski definition) is 7. The zero-order chi connectivity index (χ0) is 18.9. The first-order valence-electron chi connectivity index (χ1n) is 8.04. The lowest BCUT2D eigenvalue weighted by molar-refractivity contribution is -0.113. The molecule has 0 atom stereocenters. The summed E-state index contributed by atoms with van der Waals surface area (Å²) < 4.78 is 5.12. The number of thioether (sulfide) groups is 1. The van der Waals surface area contributed by atoms with Crippen LogP contribution in [0.3, 0.4) is 0 Å². The van der Waals surface area contributed by atoms with E-state index in [4.69, 9.17) is 10.5 Å². The summed E-state index contributed by atoms with van der Waals surface area (Å²) in [6.45, 7) is 2.41. The molecule has 1 amide bonds. The van der Waals surface area contributed by atoms with Crippen molar-refractivity contribution < 1.29 is 14.3 Å². The van der Waals surface area contributed by atoms with Crippen LogP contribution >= 0.6 is 11.8 Å². The van der Waals surface area contributed by atoms with Gasteiger partial charge in [-0.3, -0.25) is 9.59 Å². The summed E-state index contributed by atoms with van der Waals surface area (Å²) in [6, 6.07) is 7.60. The lowest BCUT2D eigenvalue weighted by Gasteiger charge is -2.07. The van der Waals surface area contributed by atoms with Crippen molar-refractivity contribution in [3.05, 3.63) is 46.2 Å². The Labute approximate surface area is 154 Å². The van der Waals surface area contributed by atoms with Crippen LogP contribution in [0.4, 0.5) is 11.5 Å². The van der Waals surface area contributed by atoms with E-state index in [-0.39, 0.29) is 34.2 Å². The number of unbranched alkanes of at least 4 members (excludes halogenated alkanes) is 1. The molecule has 4 N–H and O–H groups in total. The van der Waals surface area contributed by atoms with Crippen LogP contribution in [0.5, 0.6) is 0 Å². The number of nitrogen functional groups attached to an aromatic ring is 1. The highest BCUT2D eigenvalue weighted by atomic mass is 32.2. The van der Waals surface area contributed by atoms with Gasteiger partial charge < -0.3 is 20.8 Å². The maximum atomic E-state index is 12.0. The third-order valence-corrected chi connectivity index (χ3v) is 4.09. The van der Waals surface area contributed by atoms with Crippen LogP contribution < -0.4 is 16.6 Å². The van der Waals surface area contributed by atoms with Crippen molar-refractivity contribution in [3.63, 3.8) is 0 Å². The molecule has 0 saturated carbocycles. The number of esters is 1. The number of rotatable bonds is 8. The molecule has 1 aromatic carbocycles. The van der Waals surface area contributed by atoms with E-state index in [1.54, 1.807) is 24.3 Å². The van der Waals surface area contributed by atoms with E-state index in [9.17, 15) is 14.4 Å². The van der Waals surface area contributed by atoms with Crippen LogP contribution in [0.1, 0.15) is 30.1 Å². The average molecular weight is 376 g/mol. The molecule has 2 rings (SSSR count). The number of aromatic nitrogens is 2. The minimum atomic E-state index is -0.386. The molecule has 0 bridgehead atoms. The second-order valence-electron chi connectivity index (χ2n) is 5.38. The first-order chi connectivity index (χ1) is 12.5. The predicted molar refractivity (Wildman–Crippen MR) is 100 cm³/mol. The third kappa shape index (κ3) is 6.25. The number of nitrogens with one attached hydrogen (secondary N) is 2.